The van der Waals surface area contributed by atoms with Gasteiger partial charge in [0.05, 0.1) is 5.69 Å². The molecular formula is C52H43NSi. The number of aryl methyl sites for hydroxylation is 1. The summed E-state index contributed by atoms with van der Waals surface area (Å²) in [6.45, 7) is 7.01. The van der Waals surface area contributed by atoms with Crippen molar-refractivity contribution in [1.29, 1.82) is 0 Å². The number of nitrogens with zero attached hydrogens (tertiary/aromatic N) is 1. The van der Waals surface area contributed by atoms with Crippen LogP contribution in [0.3, 0.4) is 0 Å². The lowest BCUT2D eigenvalue weighted by molar-refractivity contribution is 0.660. The summed E-state index contributed by atoms with van der Waals surface area (Å²) in [5, 5.41) is 4.26. The molecule has 260 valence electrons. The van der Waals surface area contributed by atoms with E-state index in [1.165, 1.54) is 71.3 Å². The average Bonchev–Trinajstić information content (AvgIpc) is 3.45. The summed E-state index contributed by atoms with van der Waals surface area (Å²) in [4.78, 5) is 2.49. The first-order chi connectivity index (χ1) is 26.5. The normalized spacial score (nSPS) is 12.7. The second-order valence-corrected chi connectivity index (χ2v) is 17.8. The minimum absolute atomic E-state index is 0.114. The van der Waals surface area contributed by atoms with Crippen LogP contribution in [0.5, 0.6) is 0 Å². The number of fused-ring (bicyclic) bond motifs is 3. The highest BCUT2D eigenvalue weighted by Gasteiger charge is 2.36. The zero-order valence-electron chi connectivity index (χ0n) is 31.1. The van der Waals surface area contributed by atoms with E-state index in [0.29, 0.717) is 0 Å². The maximum atomic E-state index is 2.49. The van der Waals surface area contributed by atoms with Crippen LogP contribution in [0.1, 0.15) is 30.5 Å². The van der Waals surface area contributed by atoms with Crippen LogP contribution in [-0.2, 0) is 5.41 Å². The van der Waals surface area contributed by atoms with Crippen molar-refractivity contribution in [2.24, 2.45) is 0 Å². The van der Waals surface area contributed by atoms with Crippen LogP contribution >= 0.6 is 0 Å². The van der Waals surface area contributed by atoms with Gasteiger partial charge >= 0.3 is 0 Å². The second kappa shape index (κ2) is 14.0. The number of hydrogen-bond donors (Lipinski definition) is 0. The van der Waals surface area contributed by atoms with Gasteiger partial charge in [-0.2, -0.15) is 0 Å². The van der Waals surface area contributed by atoms with Gasteiger partial charge in [0.15, 0.2) is 0 Å². The van der Waals surface area contributed by atoms with Crippen molar-refractivity contribution in [3.63, 3.8) is 0 Å². The molecule has 1 nitrogen and oxygen atoms in total. The van der Waals surface area contributed by atoms with Gasteiger partial charge in [-0.3, -0.25) is 0 Å². The predicted molar refractivity (Wildman–Crippen MR) is 233 cm³/mol. The van der Waals surface area contributed by atoms with Crippen molar-refractivity contribution in [3.8, 4) is 33.4 Å². The van der Waals surface area contributed by atoms with Crippen LogP contribution < -0.4 is 20.5 Å². The standard InChI is InChI=1S/C52H43NSi/c1-37-18-17-28-49(51(37)46-26-14-16-29-50(46)54(42-21-9-5-10-22-42)43-23-11-6-12-24-43)53(40-32-30-39(31-33-40)38-19-7-4-8-20-38)41-34-35-45-44-25-13-15-27-47(44)52(2,3)48(45)36-41/h4-36,54H,1-3H3. The van der Waals surface area contributed by atoms with E-state index in [-0.39, 0.29) is 5.41 Å². The molecule has 54 heavy (non-hydrogen) atoms. The molecular weight excluding hydrogens is 667 g/mol. The summed E-state index contributed by atoms with van der Waals surface area (Å²) in [6.07, 6.45) is 0. The molecule has 0 amide bonds. The van der Waals surface area contributed by atoms with E-state index < -0.39 is 8.80 Å². The molecule has 8 aromatic carbocycles. The SMILES string of the molecule is Cc1cccc(N(c2ccc(-c3ccccc3)cc2)c2ccc3c(c2)C(C)(C)c2ccccc2-3)c1-c1ccccc1[SiH](c1ccccc1)c1ccccc1. The molecule has 0 bridgehead atoms. The zero-order valence-corrected chi connectivity index (χ0v) is 32.2. The Labute approximate surface area is 321 Å². The highest BCUT2D eigenvalue weighted by Crippen LogP contribution is 2.51. The largest absolute Gasteiger partial charge is 0.310 e. The maximum absolute atomic E-state index is 2.49. The van der Waals surface area contributed by atoms with Crippen LogP contribution in [0.4, 0.5) is 17.1 Å². The molecule has 0 fully saturated rings. The molecule has 0 aliphatic heterocycles. The number of benzene rings is 8. The number of anilines is 3. The Bertz CT molecular complexity index is 2530. The molecule has 0 aromatic heterocycles. The van der Waals surface area contributed by atoms with Crippen LogP contribution in [0, 0.1) is 6.92 Å². The Morgan fingerprint density at radius 3 is 1.65 bits per heavy atom. The number of hydrogen-bond acceptors (Lipinski definition) is 1. The van der Waals surface area contributed by atoms with E-state index >= 15 is 0 Å². The van der Waals surface area contributed by atoms with Gasteiger partial charge in [-0.25, -0.2) is 0 Å². The molecule has 0 saturated heterocycles. The molecule has 1 aliphatic rings. The Kier molecular flexibility index (Phi) is 8.69. The molecule has 8 aromatic rings. The Morgan fingerprint density at radius 2 is 0.963 bits per heavy atom. The van der Waals surface area contributed by atoms with Crippen molar-refractivity contribution < 1.29 is 0 Å². The maximum Gasteiger partial charge on any atom is 0.133 e. The lowest BCUT2D eigenvalue weighted by Gasteiger charge is -2.31. The van der Waals surface area contributed by atoms with Crippen LogP contribution in [0.15, 0.2) is 200 Å². The Morgan fingerprint density at radius 1 is 0.426 bits per heavy atom. The van der Waals surface area contributed by atoms with E-state index in [2.05, 4.69) is 226 Å². The minimum Gasteiger partial charge on any atom is -0.310 e. The van der Waals surface area contributed by atoms with Crippen molar-refractivity contribution in [1.82, 2.24) is 0 Å². The third-order valence-corrected chi connectivity index (χ3v) is 14.6. The highest BCUT2D eigenvalue weighted by atomic mass is 28.3. The van der Waals surface area contributed by atoms with Gasteiger partial charge < -0.3 is 4.90 Å². The molecule has 9 rings (SSSR count). The van der Waals surface area contributed by atoms with Crippen LogP contribution in [0.2, 0.25) is 0 Å². The third-order valence-electron chi connectivity index (χ3n) is 11.4. The summed E-state index contributed by atoms with van der Waals surface area (Å²) in [5.74, 6) is 0. The fourth-order valence-electron chi connectivity index (χ4n) is 8.70. The first-order valence-corrected chi connectivity index (χ1v) is 20.7. The first kappa shape index (κ1) is 33.6. The van der Waals surface area contributed by atoms with E-state index in [1.807, 2.05) is 0 Å². The molecule has 0 atom stereocenters. The third kappa shape index (κ3) is 5.90. The second-order valence-electron chi connectivity index (χ2n) is 15.0. The Balaban J connectivity index is 1.27. The van der Waals surface area contributed by atoms with Gasteiger partial charge in [0.1, 0.15) is 8.80 Å². The van der Waals surface area contributed by atoms with Gasteiger partial charge in [-0.1, -0.05) is 194 Å². The molecule has 0 unspecified atom stereocenters. The van der Waals surface area contributed by atoms with E-state index in [1.54, 1.807) is 0 Å². The highest BCUT2D eigenvalue weighted by molar-refractivity contribution is 6.96. The number of rotatable bonds is 8. The van der Waals surface area contributed by atoms with Crippen LogP contribution in [-0.4, -0.2) is 8.80 Å². The lowest BCUT2D eigenvalue weighted by atomic mass is 9.82. The summed E-state index contributed by atoms with van der Waals surface area (Å²) >= 11 is 0. The van der Waals surface area contributed by atoms with Gasteiger partial charge in [0, 0.05) is 22.4 Å². The average molecular weight is 710 g/mol. The smallest absolute Gasteiger partial charge is 0.133 e. The molecule has 0 heterocycles. The topological polar surface area (TPSA) is 3.24 Å². The fourth-order valence-corrected chi connectivity index (χ4v) is 11.9. The first-order valence-electron chi connectivity index (χ1n) is 19.0. The Hall–Kier alpha value is -6.22. The summed E-state index contributed by atoms with van der Waals surface area (Å²) in [5.41, 5.74) is 15.0. The molecule has 0 radical (unpaired) electrons. The van der Waals surface area contributed by atoms with E-state index in [9.17, 15) is 0 Å². The summed E-state index contributed by atoms with van der Waals surface area (Å²) in [6, 6.07) is 74.1. The molecule has 0 saturated carbocycles. The summed E-state index contributed by atoms with van der Waals surface area (Å²) < 4.78 is 0. The quantitative estimate of drug-likeness (QED) is 0.112. The van der Waals surface area contributed by atoms with Crippen molar-refractivity contribution in [2.75, 3.05) is 4.90 Å². The van der Waals surface area contributed by atoms with Crippen molar-refractivity contribution in [2.45, 2.75) is 26.2 Å². The zero-order chi connectivity index (χ0) is 36.6. The van der Waals surface area contributed by atoms with Crippen LogP contribution in [0.25, 0.3) is 33.4 Å². The molecule has 2 heteroatoms. The summed E-state index contributed by atoms with van der Waals surface area (Å²) in [7, 11) is -1.86. The van der Waals surface area contributed by atoms with Crippen molar-refractivity contribution >= 4 is 41.4 Å². The van der Waals surface area contributed by atoms with Gasteiger partial charge in [0.25, 0.3) is 0 Å². The molecule has 1 aliphatic carbocycles. The fraction of sp³-hybridized carbons (Fsp3) is 0.0769. The van der Waals surface area contributed by atoms with Gasteiger partial charge in [-0.15, -0.1) is 0 Å². The monoisotopic (exact) mass is 709 g/mol. The lowest BCUT2D eigenvalue weighted by Crippen LogP contribution is -2.52. The predicted octanol–water partition coefficient (Wildman–Crippen LogP) is 11.4. The van der Waals surface area contributed by atoms with Gasteiger partial charge in [-0.05, 0) is 86.9 Å². The van der Waals surface area contributed by atoms with Gasteiger partial charge in [0.2, 0.25) is 0 Å². The van der Waals surface area contributed by atoms with Crippen molar-refractivity contribution in [3.05, 3.63) is 217 Å². The molecule has 0 spiro atoms. The van der Waals surface area contributed by atoms with E-state index in [0.717, 1.165) is 11.4 Å². The minimum atomic E-state index is -1.86. The molecule has 0 N–H and O–H groups in total. The van der Waals surface area contributed by atoms with E-state index in [4.69, 9.17) is 0 Å².